The summed E-state index contributed by atoms with van der Waals surface area (Å²) < 4.78 is 0. The Morgan fingerprint density at radius 3 is 2.57 bits per heavy atom. The highest BCUT2D eigenvalue weighted by Crippen LogP contribution is 2.69. The molecule has 0 aromatic heterocycles. The molecule has 0 radical (unpaired) electrons. The summed E-state index contributed by atoms with van der Waals surface area (Å²) in [5.41, 5.74) is -0.139. The SMILES string of the molecule is C[C@]12CCC(=O)C=C1CC(C(=O)O)[C@@H]1[C@H]2CC[C@@]2(C)[C@H]1CCC2(O)CCCO. The van der Waals surface area contributed by atoms with Crippen molar-refractivity contribution in [1.82, 2.24) is 0 Å². The monoisotopic (exact) mass is 390 g/mol. The van der Waals surface area contributed by atoms with Crippen molar-refractivity contribution in [2.75, 3.05) is 6.61 Å². The molecule has 156 valence electrons. The van der Waals surface area contributed by atoms with Gasteiger partial charge in [-0.3, -0.25) is 9.59 Å². The second-order valence-electron chi connectivity index (χ2n) is 10.3. The van der Waals surface area contributed by atoms with Crippen molar-refractivity contribution in [3.05, 3.63) is 11.6 Å². The fourth-order valence-electron chi connectivity index (χ4n) is 7.71. The third-order valence-electron chi connectivity index (χ3n) is 9.40. The predicted octanol–water partition coefficient (Wildman–Crippen LogP) is 3.33. The first kappa shape index (κ1) is 20.1. The Kier molecular flexibility index (Phi) is 4.78. The van der Waals surface area contributed by atoms with Gasteiger partial charge in [-0.1, -0.05) is 19.4 Å². The number of carbonyl (C=O) groups is 2. The molecule has 0 amide bonds. The molecule has 0 aromatic carbocycles. The number of aliphatic carboxylic acids is 1. The lowest BCUT2D eigenvalue weighted by atomic mass is 9.44. The minimum absolute atomic E-state index is 0.0507. The first-order chi connectivity index (χ1) is 13.2. The van der Waals surface area contributed by atoms with Crippen molar-refractivity contribution in [3.63, 3.8) is 0 Å². The fraction of sp³-hybridized carbons (Fsp3) is 0.826. The number of allylic oxidation sites excluding steroid dienone is 1. The van der Waals surface area contributed by atoms with Gasteiger partial charge >= 0.3 is 5.97 Å². The molecule has 0 bridgehead atoms. The zero-order valence-electron chi connectivity index (χ0n) is 17.1. The zero-order valence-corrected chi connectivity index (χ0v) is 17.1. The number of rotatable bonds is 4. The van der Waals surface area contributed by atoms with E-state index in [-0.39, 0.29) is 41.0 Å². The molecule has 5 heteroatoms. The molecule has 3 fully saturated rings. The number of carbonyl (C=O) groups excluding carboxylic acids is 1. The van der Waals surface area contributed by atoms with E-state index in [1.807, 2.05) is 0 Å². The first-order valence-electron chi connectivity index (χ1n) is 11.0. The van der Waals surface area contributed by atoms with Gasteiger partial charge in [0.2, 0.25) is 0 Å². The number of carboxylic acid groups (broad SMARTS) is 1. The van der Waals surface area contributed by atoms with E-state index in [2.05, 4.69) is 13.8 Å². The van der Waals surface area contributed by atoms with Crippen LogP contribution in [0.15, 0.2) is 11.6 Å². The molecule has 0 saturated heterocycles. The highest BCUT2D eigenvalue weighted by Gasteiger charge is 2.66. The van der Waals surface area contributed by atoms with Crippen molar-refractivity contribution in [3.8, 4) is 0 Å². The number of aliphatic hydroxyl groups excluding tert-OH is 1. The van der Waals surface area contributed by atoms with Crippen LogP contribution >= 0.6 is 0 Å². The number of hydrogen-bond acceptors (Lipinski definition) is 4. The summed E-state index contributed by atoms with van der Waals surface area (Å²) in [6.07, 6.45) is 8.13. The topological polar surface area (TPSA) is 94.8 Å². The number of ketones is 1. The lowest BCUT2D eigenvalue weighted by molar-refractivity contribution is -0.166. The van der Waals surface area contributed by atoms with Gasteiger partial charge in [-0.2, -0.15) is 0 Å². The van der Waals surface area contributed by atoms with Gasteiger partial charge in [-0.25, -0.2) is 0 Å². The molecule has 5 nitrogen and oxygen atoms in total. The van der Waals surface area contributed by atoms with Gasteiger partial charge in [-0.05, 0) is 86.0 Å². The molecule has 4 aliphatic rings. The Balaban J connectivity index is 1.73. The second kappa shape index (κ2) is 6.66. The van der Waals surface area contributed by atoms with E-state index in [1.165, 1.54) is 0 Å². The van der Waals surface area contributed by atoms with E-state index in [4.69, 9.17) is 0 Å². The van der Waals surface area contributed by atoms with Crippen molar-refractivity contribution in [2.24, 2.45) is 34.5 Å². The van der Waals surface area contributed by atoms with Gasteiger partial charge in [0, 0.05) is 13.0 Å². The molecule has 0 heterocycles. The van der Waals surface area contributed by atoms with Crippen molar-refractivity contribution in [2.45, 2.75) is 77.2 Å². The maximum Gasteiger partial charge on any atom is 0.307 e. The minimum atomic E-state index is -0.812. The summed E-state index contributed by atoms with van der Waals surface area (Å²) >= 11 is 0. The summed E-state index contributed by atoms with van der Waals surface area (Å²) in [6, 6.07) is 0. The normalized spacial score (nSPS) is 47.7. The zero-order chi connectivity index (χ0) is 20.3. The van der Waals surface area contributed by atoms with Gasteiger partial charge in [0.25, 0.3) is 0 Å². The predicted molar refractivity (Wildman–Crippen MR) is 104 cm³/mol. The van der Waals surface area contributed by atoms with E-state index in [1.54, 1.807) is 6.08 Å². The molecular weight excluding hydrogens is 356 g/mol. The Morgan fingerprint density at radius 2 is 1.89 bits per heavy atom. The van der Waals surface area contributed by atoms with Crippen LogP contribution in [0.25, 0.3) is 0 Å². The fourth-order valence-corrected chi connectivity index (χ4v) is 7.71. The Labute approximate surface area is 167 Å². The molecular formula is C23H34O5. The number of aliphatic hydroxyl groups is 2. The maximum absolute atomic E-state index is 12.3. The molecule has 0 aromatic rings. The Hall–Kier alpha value is -1.20. The molecule has 4 rings (SSSR count). The van der Waals surface area contributed by atoms with Crippen LogP contribution in [0.5, 0.6) is 0 Å². The van der Waals surface area contributed by atoms with Gasteiger partial charge in [0.1, 0.15) is 0 Å². The molecule has 0 aliphatic heterocycles. The lowest BCUT2D eigenvalue weighted by Crippen LogP contribution is -2.58. The molecule has 4 aliphatic carbocycles. The average molecular weight is 391 g/mol. The van der Waals surface area contributed by atoms with Crippen LogP contribution in [0.4, 0.5) is 0 Å². The van der Waals surface area contributed by atoms with Gasteiger partial charge < -0.3 is 15.3 Å². The second-order valence-corrected chi connectivity index (χ2v) is 10.3. The quantitative estimate of drug-likeness (QED) is 0.684. The van der Waals surface area contributed by atoms with Gasteiger partial charge in [-0.15, -0.1) is 0 Å². The summed E-state index contributed by atoms with van der Waals surface area (Å²) in [4.78, 5) is 24.3. The van der Waals surface area contributed by atoms with E-state index >= 15 is 0 Å². The summed E-state index contributed by atoms with van der Waals surface area (Å²) in [7, 11) is 0. The Morgan fingerprint density at radius 1 is 1.18 bits per heavy atom. The minimum Gasteiger partial charge on any atom is -0.481 e. The third kappa shape index (κ3) is 2.65. The molecule has 2 unspecified atom stereocenters. The first-order valence-corrected chi connectivity index (χ1v) is 11.0. The molecule has 28 heavy (non-hydrogen) atoms. The molecule has 7 atom stereocenters. The van der Waals surface area contributed by atoms with E-state index < -0.39 is 17.5 Å². The summed E-state index contributed by atoms with van der Waals surface area (Å²) in [5, 5.41) is 30.9. The largest absolute Gasteiger partial charge is 0.481 e. The third-order valence-corrected chi connectivity index (χ3v) is 9.40. The van der Waals surface area contributed by atoms with Crippen LogP contribution in [-0.2, 0) is 9.59 Å². The number of fused-ring (bicyclic) bond motifs is 5. The van der Waals surface area contributed by atoms with Crippen LogP contribution in [0.2, 0.25) is 0 Å². The van der Waals surface area contributed by atoms with Gasteiger partial charge in [0.15, 0.2) is 5.78 Å². The number of hydrogen-bond donors (Lipinski definition) is 3. The maximum atomic E-state index is 12.3. The van der Waals surface area contributed by atoms with Crippen LogP contribution in [0, 0.1) is 34.5 Å². The van der Waals surface area contributed by atoms with Crippen molar-refractivity contribution < 1.29 is 24.9 Å². The number of carboxylic acids is 1. The summed E-state index contributed by atoms with van der Waals surface area (Å²) in [5.74, 6) is -0.595. The van der Waals surface area contributed by atoms with Crippen LogP contribution in [-0.4, -0.2) is 39.3 Å². The van der Waals surface area contributed by atoms with Crippen molar-refractivity contribution in [1.29, 1.82) is 0 Å². The highest BCUT2D eigenvalue weighted by molar-refractivity contribution is 5.92. The summed E-state index contributed by atoms with van der Waals surface area (Å²) in [6.45, 7) is 4.49. The molecule has 3 N–H and O–H groups in total. The molecule has 3 saturated carbocycles. The van der Waals surface area contributed by atoms with Gasteiger partial charge in [0.05, 0.1) is 11.5 Å². The van der Waals surface area contributed by atoms with E-state index in [0.29, 0.717) is 32.1 Å². The highest BCUT2D eigenvalue weighted by atomic mass is 16.4. The van der Waals surface area contributed by atoms with Crippen LogP contribution in [0.1, 0.15) is 71.6 Å². The lowest BCUT2D eigenvalue weighted by Gasteiger charge is -2.60. The smallest absolute Gasteiger partial charge is 0.307 e. The average Bonchev–Trinajstić information content (AvgIpc) is 2.91. The van der Waals surface area contributed by atoms with E-state index in [0.717, 1.165) is 31.3 Å². The van der Waals surface area contributed by atoms with Crippen LogP contribution in [0.3, 0.4) is 0 Å². The molecule has 0 spiro atoms. The van der Waals surface area contributed by atoms with E-state index in [9.17, 15) is 24.9 Å². The Bertz CT molecular complexity index is 714. The van der Waals surface area contributed by atoms with Crippen LogP contribution < -0.4 is 0 Å². The van der Waals surface area contributed by atoms with Crippen molar-refractivity contribution >= 4 is 11.8 Å². The standard InChI is InChI=1S/C23H34O5/c1-21-8-4-15(25)12-14(21)13-16(20(26)27)19-17(21)5-9-22(2)18(19)6-10-23(22,28)7-3-11-24/h12,16-19,24,28H,3-11,13H2,1-2H3,(H,26,27)/t16?,17-,18+,19-,21+,22+,23?/m1/s1.